The van der Waals surface area contributed by atoms with Crippen molar-refractivity contribution < 1.29 is 9.84 Å². The summed E-state index contributed by atoms with van der Waals surface area (Å²) in [6, 6.07) is 5.81. The molecule has 1 aromatic heterocycles. The molecule has 4 nitrogen and oxygen atoms in total. The Hall–Kier alpha value is -1.55. The summed E-state index contributed by atoms with van der Waals surface area (Å²) in [5.74, 6) is 1.59. The van der Waals surface area contributed by atoms with E-state index in [0.29, 0.717) is 0 Å². The van der Waals surface area contributed by atoms with Crippen LogP contribution in [0.3, 0.4) is 0 Å². The minimum Gasteiger partial charge on any atom is -0.494 e. The number of nitrogens with zero attached hydrogens (tertiary/aromatic N) is 2. The Labute approximate surface area is 93.5 Å². The lowest BCUT2D eigenvalue weighted by Gasteiger charge is -2.19. The molecule has 1 aliphatic heterocycles. The van der Waals surface area contributed by atoms with Crippen LogP contribution in [0.25, 0.3) is 11.0 Å². The van der Waals surface area contributed by atoms with Gasteiger partial charge in [-0.25, -0.2) is 4.98 Å². The standard InChI is InChI=1S/C12H14N2O2/c1-16-10-6-2-4-8-11(10)14-7-3-5-9(15)12(14)13-8/h2,4,6,9,15H,3,5,7H2,1H3. The van der Waals surface area contributed by atoms with Gasteiger partial charge >= 0.3 is 0 Å². The summed E-state index contributed by atoms with van der Waals surface area (Å²) in [7, 11) is 1.66. The van der Waals surface area contributed by atoms with Crippen LogP contribution in [0, 0.1) is 0 Å². The first-order valence-corrected chi connectivity index (χ1v) is 5.52. The summed E-state index contributed by atoms with van der Waals surface area (Å²) in [5.41, 5.74) is 1.90. The summed E-state index contributed by atoms with van der Waals surface area (Å²) in [4.78, 5) is 4.48. The summed E-state index contributed by atoms with van der Waals surface area (Å²) < 4.78 is 7.42. The van der Waals surface area contributed by atoms with Crippen molar-refractivity contribution >= 4 is 11.0 Å². The van der Waals surface area contributed by atoms with Crippen LogP contribution in [-0.2, 0) is 6.54 Å². The fourth-order valence-corrected chi connectivity index (χ4v) is 2.39. The highest BCUT2D eigenvalue weighted by atomic mass is 16.5. The average Bonchev–Trinajstić information content (AvgIpc) is 2.69. The smallest absolute Gasteiger partial charge is 0.144 e. The number of hydrogen-bond acceptors (Lipinski definition) is 3. The van der Waals surface area contributed by atoms with Crippen LogP contribution in [0.1, 0.15) is 24.8 Å². The second kappa shape index (κ2) is 3.49. The van der Waals surface area contributed by atoms with Crippen molar-refractivity contribution in [2.45, 2.75) is 25.5 Å². The number of ether oxygens (including phenoxy) is 1. The highest BCUT2D eigenvalue weighted by Crippen LogP contribution is 2.33. The zero-order valence-corrected chi connectivity index (χ0v) is 9.18. The molecule has 0 bridgehead atoms. The van der Waals surface area contributed by atoms with Crippen molar-refractivity contribution in [3.63, 3.8) is 0 Å². The lowest BCUT2D eigenvalue weighted by atomic mass is 10.1. The summed E-state index contributed by atoms with van der Waals surface area (Å²) in [5, 5.41) is 9.90. The van der Waals surface area contributed by atoms with Crippen LogP contribution in [0.2, 0.25) is 0 Å². The molecule has 1 aromatic carbocycles. The molecular weight excluding hydrogens is 204 g/mol. The largest absolute Gasteiger partial charge is 0.494 e. The Bertz CT molecular complexity index is 533. The van der Waals surface area contributed by atoms with Crippen LogP contribution >= 0.6 is 0 Å². The van der Waals surface area contributed by atoms with E-state index in [2.05, 4.69) is 9.55 Å². The summed E-state index contributed by atoms with van der Waals surface area (Å²) in [6.45, 7) is 0.906. The van der Waals surface area contributed by atoms with Gasteiger partial charge in [0.1, 0.15) is 23.2 Å². The Morgan fingerprint density at radius 1 is 1.50 bits per heavy atom. The number of aromatic nitrogens is 2. The molecule has 2 aromatic rings. The maximum absolute atomic E-state index is 9.90. The van der Waals surface area contributed by atoms with E-state index in [0.717, 1.165) is 42.0 Å². The molecule has 3 rings (SSSR count). The third-order valence-corrected chi connectivity index (χ3v) is 3.14. The van der Waals surface area contributed by atoms with Crippen LogP contribution in [0.4, 0.5) is 0 Å². The summed E-state index contributed by atoms with van der Waals surface area (Å²) >= 11 is 0. The number of aliphatic hydroxyl groups excluding tert-OH is 1. The molecule has 0 fully saturated rings. The fourth-order valence-electron chi connectivity index (χ4n) is 2.39. The van der Waals surface area contributed by atoms with Gasteiger partial charge in [-0.15, -0.1) is 0 Å². The van der Waals surface area contributed by atoms with Gasteiger partial charge in [-0.3, -0.25) is 0 Å². The van der Waals surface area contributed by atoms with Crippen molar-refractivity contribution in [1.82, 2.24) is 9.55 Å². The molecule has 1 aliphatic rings. The molecule has 0 radical (unpaired) electrons. The zero-order valence-electron chi connectivity index (χ0n) is 9.18. The Morgan fingerprint density at radius 3 is 3.19 bits per heavy atom. The number of imidazole rings is 1. The van der Waals surface area contributed by atoms with Gasteiger partial charge in [-0.1, -0.05) is 6.07 Å². The average molecular weight is 218 g/mol. The number of methoxy groups -OCH3 is 1. The fraction of sp³-hybridized carbons (Fsp3) is 0.417. The Kier molecular flexibility index (Phi) is 2.11. The molecule has 4 heteroatoms. The first-order valence-electron chi connectivity index (χ1n) is 5.52. The Morgan fingerprint density at radius 2 is 2.38 bits per heavy atom. The van der Waals surface area contributed by atoms with Crippen molar-refractivity contribution in [3.8, 4) is 5.75 Å². The molecule has 0 saturated carbocycles. The molecule has 84 valence electrons. The van der Waals surface area contributed by atoms with E-state index in [1.165, 1.54) is 0 Å². The first-order chi connectivity index (χ1) is 7.81. The van der Waals surface area contributed by atoms with Crippen LogP contribution in [0.5, 0.6) is 5.75 Å². The number of aliphatic hydroxyl groups is 1. The van der Waals surface area contributed by atoms with Gasteiger partial charge < -0.3 is 14.4 Å². The third-order valence-electron chi connectivity index (χ3n) is 3.14. The topological polar surface area (TPSA) is 47.3 Å². The SMILES string of the molecule is COc1cccc2nc3n(c12)CCCC3O. The van der Waals surface area contributed by atoms with Crippen molar-refractivity contribution in [3.05, 3.63) is 24.0 Å². The maximum atomic E-state index is 9.90. The van der Waals surface area contributed by atoms with E-state index in [1.54, 1.807) is 7.11 Å². The van der Waals surface area contributed by atoms with Gasteiger partial charge in [0.05, 0.1) is 12.6 Å². The molecule has 16 heavy (non-hydrogen) atoms. The zero-order chi connectivity index (χ0) is 11.1. The van der Waals surface area contributed by atoms with E-state index in [-0.39, 0.29) is 0 Å². The van der Waals surface area contributed by atoms with Crippen LogP contribution < -0.4 is 4.74 Å². The normalized spacial score (nSPS) is 19.8. The van der Waals surface area contributed by atoms with E-state index in [4.69, 9.17) is 4.74 Å². The first kappa shape index (κ1) is 9.66. The highest BCUT2D eigenvalue weighted by Gasteiger charge is 2.23. The molecule has 0 saturated heterocycles. The third kappa shape index (κ3) is 1.23. The van der Waals surface area contributed by atoms with Crippen molar-refractivity contribution in [2.24, 2.45) is 0 Å². The number of fused-ring (bicyclic) bond motifs is 3. The van der Waals surface area contributed by atoms with Gasteiger partial charge in [0.25, 0.3) is 0 Å². The summed E-state index contributed by atoms with van der Waals surface area (Å²) in [6.07, 6.45) is 1.34. The number of para-hydroxylation sites is 1. The van der Waals surface area contributed by atoms with Crippen molar-refractivity contribution in [2.75, 3.05) is 7.11 Å². The quantitative estimate of drug-likeness (QED) is 0.794. The predicted octanol–water partition coefficient (Wildman–Crippen LogP) is 1.87. The molecular formula is C12H14N2O2. The van der Waals surface area contributed by atoms with Gasteiger partial charge in [0, 0.05) is 6.54 Å². The molecule has 1 N–H and O–H groups in total. The van der Waals surface area contributed by atoms with Crippen molar-refractivity contribution in [1.29, 1.82) is 0 Å². The molecule has 0 spiro atoms. The lowest BCUT2D eigenvalue weighted by molar-refractivity contribution is 0.135. The maximum Gasteiger partial charge on any atom is 0.144 e. The lowest BCUT2D eigenvalue weighted by Crippen LogP contribution is -2.15. The van der Waals surface area contributed by atoms with E-state index in [9.17, 15) is 5.11 Å². The Balaban J connectivity index is 2.33. The number of rotatable bonds is 1. The molecule has 0 amide bonds. The number of hydrogen-bond donors (Lipinski definition) is 1. The number of benzene rings is 1. The monoisotopic (exact) mass is 218 g/mol. The minimum atomic E-state index is -0.439. The highest BCUT2D eigenvalue weighted by molar-refractivity contribution is 5.82. The van der Waals surface area contributed by atoms with Gasteiger partial charge in [-0.2, -0.15) is 0 Å². The second-order valence-electron chi connectivity index (χ2n) is 4.11. The van der Waals surface area contributed by atoms with E-state index >= 15 is 0 Å². The predicted molar refractivity (Wildman–Crippen MR) is 60.5 cm³/mol. The van der Waals surface area contributed by atoms with Crippen LogP contribution in [0.15, 0.2) is 18.2 Å². The molecule has 2 heterocycles. The van der Waals surface area contributed by atoms with E-state index < -0.39 is 6.10 Å². The molecule has 1 atom stereocenters. The van der Waals surface area contributed by atoms with E-state index in [1.807, 2.05) is 18.2 Å². The second-order valence-corrected chi connectivity index (χ2v) is 4.11. The number of aryl methyl sites for hydroxylation is 1. The van der Waals surface area contributed by atoms with Gasteiger partial charge in [0.2, 0.25) is 0 Å². The minimum absolute atomic E-state index is 0.439. The van der Waals surface area contributed by atoms with Gasteiger partial charge in [-0.05, 0) is 25.0 Å². The molecule has 0 aliphatic carbocycles. The van der Waals surface area contributed by atoms with Gasteiger partial charge in [0.15, 0.2) is 0 Å². The van der Waals surface area contributed by atoms with Crippen LogP contribution in [-0.4, -0.2) is 21.8 Å². The molecule has 1 unspecified atom stereocenters.